The van der Waals surface area contributed by atoms with Crippen LogP contribution in [0, 0.1) is 0 Å². The quantitative estimate of drug-likeness (QED) is 0.718. The van der Waals surface area contributed by atoms with Crippen LogP contribution >= 0.6 is 0 Å². The molecule has 1 aliphatic rings. The van der Waals surface area contributed by atoms with Crippen molar-refractivity contribution in [3.63, 3.8) is 0 Å². The molecule has 3 heteroatoms. The van der Waals surface area contributed by atoms with E-state index < -0.39 is 0 Å². The SMILES string of the molecule is Cn1c(=O)c2c(c3ccccc3c1=O)CC=CC=C2. The minimum Gasteiger partial charge on any atom is -0.277 e. The van der Waals surface area contributed by atoms with E-state index in [-0.39, 0.29) is 11.1 Å². The van der Waals surface area contributed by atoms with E-state index in [1.54, 1.807) is 12.1 Å². The van der Waals surface area contributed by atoms with Gasteiger partial charge < -0.3 is 0 Å². The highest BCUT2D eigenvalue weighted by Gasteiger charge is 2.12. The van der Waals surface area contributed by atoms with Crippen molar-refractivity contribution in [2.24, 2.45) is 7.05 Å². The van der Waals surface area contributed by atoms with Crippen LogP contribution in [0.25, 0.3) is 16.8 Å². The molecule has 0 spiro atoms. The first-order valence-electron chi connectivity index (χ1n) is 6.18. The number of rotatable bonds is 0. The van der Waals surface area contributed by atoms with Crippen molar-refractivity contribution in [3.05, 3.63) is 74.3 Å². The van der Waals surface area contributed by atoms with E-state index in [4.69, 9.17) is 0 Å². The number of fused-ring (bicyclic) bond motifs is 3. The number of benzene rings is 1. The van der Waals surface area contributed by atoms with Crippen molar-refractivity contribution < 1.29 is 0 Å². The standard InChI is InChI=1S/C16H13NO2/c1-17-15(18)13-9-4-2-3-7-11(13)12-8-5-6-10-14(12)16(17)19/h2-6,8-10H,7H2,1H3. The lowest BCUT2D eigenvalue weighted by molar-refractivity contribution is 0.834. The molecule has 0 aliphatic heterocycles. The van der Waals surface area contributed by atoms with Crippen molar-refractivity contribution in [2.45, 2.75) is 6.42 Å². The fourth-order valence-corrected chi connectivity index (χ4v) is 2.47. The van der Waals surface area contributed by atoms with Gasteiger partial charge in [0.2, 0.25) is 0 Å². The Labute approximate surface area is 110 Å². The molecular formula is C16H13NO2. The fourth-order valence-electron chi connectivity index (χ4n) is 2.47. The van der Waals surface area contributed by atoms with E-state index in [0.717, 1.165) is 10.9 Å². The van der Waals surface area contributed by atoms with Crippen LogP contribution in [0.1, 0.15) is 11.1 Å². The van der Waals surface area contributed by atoms with E-state index in [1.807, 2.05) is 36.4 Å². The molecule has 0 saturated carbocycles. The smallest absolute Gasteiger partial charge is 0.261 e. The van der Waals surface area contributed by atoms with E-state index >= 15 is 0 Å². The fraction of sp³-hybridized carbons (Fsp3) is 0.125. The Bertz CT molecular complexity index is 842. The largest absolute Gasteiger partial charge is 0.277 e. The van der Waals surface area contributed by atoms with Gasteiger partial charge >= 0.3 is 0 Å². The van der Waals surface area contributed by atoms with Crippen LogP contribution in [0.5, 0.6) is 0 Å². The summed E-state index contributed by atoms with van der Waals surface area (Å²) in [7, 11) is 1.53. The van der Waals surface area contributed by atoms with Crippen molar-refractivity contribution in [3.8, 4) is 0 Å². The Hall–Kier alpha value is -2.42. The summed E-state index contributed by atoms with van der Waals surface area (Å²) in [6.45, 7) is 0. The van der Waals surface area contributed by atoms with Gasteiger partial charge in [-0.15, -0.1) is 0 Å². The van der Waals surface area contributed by atoms with Gasteiger partial charge in [0.15, 0.2) is 0 Å². The van der Waals surface area contributed by atoms with E-state index in [9.17, 15) is 9.59 Å². The van der Waals surface area contributed by atoms with Gasteiger partial charge in [-0.25, -0.2) is 0 Å². The summed E-state index contributed by atoms with van der Waals surface area (Å²) in [5.74, 6) is 0. The minimum atomic E-state index is -0.244. The maximum Gasteiger partial charge on any atom is 0.261 e. The van der Waals surface area contributed by atoms with Gasteiger partial charge in [0, 0.05) is 18.0 Å². The highest BCUT2D eigenvalue weighted by Crippen LogP contribution is 2.20. The zero-order chi connectivity index (χ0) is 13.4. The Morgan fingerprint density at radius 3 is 2.53 bits per heavy atom. The summed E-state index contributed by atoms with van der Waals surface area (Å²) in [5, 5.41) is 1.45. The molecule has 0 amide bonds. The van der Waals surface area contributed by atoms with Crippen LogP contribution in [-0.2, 0) is 13.5 Å². The molecule has 0 radical (unpaired) electrons. The Kier molecular flexibility index (Phi) is 2.67. The molecule has 0 unspecified atom stereocenters. The zero-order valence-corrected chi connectivity index (χ0v) is 10.6. The first-order valence-corrected chi connectivity index (χ1v) is 6.18. The normalized spacial score (nSPS) is 13.3. The highest BCUT2D eigenvalue weighted by atomic mass is 16.2. The van der Waals surface area contributed by atoms with Crippen LogP contribution in [-0.4, -0.2) is 4.57 Å². The number of allylic oxidation sites excluding steroid dienone is 3. The summed E-state index contributed by atoms with van der Waals surface area (Å²) in [6, 6.07) is 7.39. The molecule has 19 heavy (non-hydrogen) atoms. The van der Waals surface area contributed by atoms with E-state index in [2.05, 4.69) is 0 Å². The van der Waals surface area contributed by atoms with Crippen molar-refractivity contribution in [1.82, 2.24) is 4.57 Å². The molecule has 3 rings (SSSR count). The van der Waals surface area contributed by atoms with Crippen LogP contribution < -0.4 is 11.1 Å². The summed E-state index contributed by atoms with van der Waals surface area (Å²) >= 11 is 0. The highest BCUT2D eigenvalue weighted by molar-refractivity contribution is 5.87. The van der Waals surface area contributed by atoms with E-state index in [1.165, 1.54) is 11.6 Å². The number of hydrogen-bond donors (Lipinski definition) is 0. The Morgan fingerprint density at radius 1 is 1.00 bits per heavy atom. The second kappa shape index (κ2) is 4.35. The summed E-state index contributed by atoms with van der Waals surface area (Å²) in [5.41, 5.74) is 1.04. The predicted octanol–water partition coefficient (Wildman–Crippen LogP) is 2.02. The summed E-state index contributed by atoms with van der Waals surface area (Å²) in [4.78, 5) is 24.7. The predicted molar refractivity (Wildman–Crippen MR) is 77.3 cm³/mol. The molecule has 3 nitrogen and oxygen atoms in total. The third-order valence-corrected chi connectivity index (χ3v) is 3.48. The number of hydrogen-bond acceptors (Lipinski definition) is 2. The maximum atomic E-state index is 12.4. The zero-order valence-electron chi connectivity index (χ0n) is 10.6. The van der Waals surface area contributed by atoms with Gasteiger partial charge in [0.1, 0.15) is 0 Å². The van der Waals surface area contributed by atoms with Gasteiger partial charge in [0.25, 0.3) is 11.1 Å². The summed E-state index contributed by atoms with van der Waals surface area (Å²) < 4.78 is 1.19. The third-order valence-electron chi connectivity index (χ3n) is 3.48. The molecule has 0 fully saturated rings. The van der Waals surface area contributed by atoms with Gasteiger partial charge in [-0.3, -0.25) is 14.2 Å². The topological polar surface area (TPSA) is 39.1 Å². The van der Waals surface area contributed by atoms with Crippen molar-refractivity contribution in [2.75, 3.05) is 0 Å². The van der Waals surface area contributed by atoms with Gasteiger partial charge in [-0.1, -0.05) is 36.4 Å². The first-order chi connectivity index (χ1) is 9.20. The van der Waals surface area contributed by atoms with Crippen LogP contribution in [0.4, 0.5) is 0 Å². The molecular weight excluding hydrogens is 238 g/mol. The molecule has 0 atom stereocenters. The van der Waals surface area contributed by atoms with Crippen LogP contribution in [0.15, 0.2) is 52.1 Å². The van der Waals surface area contributed by atoms with Crippen LogP contribution in [0.3, 0.4) is 0 Å². The monoisotopic (exact) mass is 251 g/mol. The second-order valence-corrected chi connectivity index (χ2v) is 4.60. The number of nitrogens with zero attached hydrogens (tertiary/aromatic N) is 1. The molecule has 0 saturated heterocycles. The Morgan fingerprint density at radius 2 is 1.74 bits per heavy atom. The molecule has 1 aliphatic carbocycles. The van der Waals surface area contributed by atoms with Crippen LogP contribution in [0.2, 0.25) is 0 Å². The second-order valence-electron chi connectivity index (χ2n) is 4.60. The maximum absolute atomic E-state index is 12.4. The third kappa shape index (κ3) is 1.74. The molecule has 0 N–H and O–H groups in total. The van der Waals surface area contributed by atoms with E-state index in [0.29, 0.717) is 17.4 Å². The van der Waals surface area contributed by atoms with Crippen molar-refractivity contribution in [1.29, 1.82) is 0 Å². The Balaban J connectivity index is 2.68. The lowest BCUT2D eigenvalue weighted by Gasteiger charge is -2.00. The number of aromatic nitrogens is 1. The molecule has 1 aromatic carbocycles. The van der Waals surface area contributed by atoms with Gasteiger partial charge in [-0.05, 0) is 29.5 Å². The minimum absolute atomic E-state index is 0.240. The molecule has 2 aromatic rings. The molecule has 0 bridgehead atoms. The average Bonchev–Trinajstić information content (AvgIpc) is 2.72. The van der Waals surface area contributed by atoms with Crippen molar-refractivity contribution >= 4 is 16.8 Å². The van der Waals surface area contributed by atoms with Gasteiger partial charge in [-0.2, -0.15) is 0 Å². The molecule has 94 valence electrons. The molecule has 1 heterocycles. The lowest BCUT2D eigenvalue weighted by atomic mass is 10.0. The average molecular weight is 251 g/mol. The molecule has 1 aromatic heterocycles. The van der Waals surface area contributed by atoms with Gasteiger partial charge in [0.05, 0.1) is 0 Å². The summed E-state index contributed by atoms with van der Waals surface area (Å²) in [6.07, 6.45) is 8.21. The first kappa shape index (κ1) is 11.7. The lowest BCUT2D eigenvalue weighted by Crippen LogP contribution is -2.28.